The summed E-state index contributed by atoms with van der Waals surface area (Å²) in [5.74, 6) is 0.255. The van der Waals surface area contributed by atoms with E-state index in [0.29, 0.717) is 6.54 Å². The summed E-state index contributed by atoms with van der Waals surface area (Å²) < 4.78 is 0. The third-order valence-electron chi connectivity index (χ3n) is 4.26. The SMILES string of the molecule is CCC1(C(=O)N2CCC(NC(C)=O)C2)CCNC1. The zero-order chi connectivity index (χ0) is 13.2. The van der Waals surface area contributed by atoms with E-state index >= 15 is 0 Å². The highest BCUT2D eigenvalue weighted by Gasteiger charge is 2.43. The van der Waals surface area contributed by atoms with Crippen molar-refractivity contribution in [2.45, 2.75) is 39.2 Å². The second-order valence-corrected chi connectivity index (χ2v) is 5.50. The molecule has 0 aromatic carbocycles. The lowest BCUT2D eigenvalue weighted by molar-refractivity contribution is -0.140. The fourth-order valence-corrected chi connectivity index (χ4v) is 3.06. The van der Waals surface area contributed by atoms with Gasteiger partial charge in [0, 0.05) is 32.6 Å². The minimum Gasteiger partial charge on any atom is -0.352 e. The van der Waals surface area contributed by atoms with Crippen molar-refractivity contribution in [3.8, 4) is 0 Å². The molecule has 0 bridgehead atoms. The summed E-state index contributed by atoms with van der Waals surface area (Å²) in [4.78, 5) is 25.6. The molecule has 2 aliphatic rings. The normalized spacial score (nSPS) is 31.7. The monoisotopic (exact) mass is 253 g/mol. The van der Waals surface area contributed by atoms with Crippen LogP contribution >= 0.6 is 0 Å². The Balaban J connectivity index is 1.96. The molecule has 2 N–H and O–H groups in total. The number of hydrogen-bond donors (Lipinski definition) is 2. The standard InChI is InChI=1S/C13H23N3O2/c1-3-13(5-6-14-9-13)12(18)16-7-4-11(8-16)15-10(2)17/h11,14H,3-9H2,1-2H3,(H,15,17). The van der Waals surface area contributed by atoms with Crippen molar-refractivity contribution in [3.05, 3.63) is 0 Å². The molecule has 0 spiro atoms. The first-order chi connectivity index (χ1) is 8.57. The maximum Gasteiger partial charge on any atom is 0.230 e. The average molecular weight is 253 g/mol. The predicted octanol–water partition coefficient (Wildman–Crippen LogP) is 0.113. The van der Waals surface area contributed by atoms with Crippen LogP contribution < -0.4 is 10.6 Å². The summed E-state index contributed by atoms with van der Waals surface area (Å²) in [5.41, 5.74) is -0.203. The lowest BCUT2D eigenvalue weighted by Gasteiger charge is -2.30. The summed E-state index contributed by atoms with van der Waals surface area (Å²) in [6.45, 7) is 6.78. The number of rotatable bonds is 3. The van der Waals surface area contributed by atoms with Crippen LogP contribution in [0.25, 0.3) is 0 Å². The van der Waals surface area contributed by atoms with E-state index in [1.807, 2.05) is 4.90 Å². The number of carbonyl (C=O) groups is 2. The minimum absolute atomic E-state index is 0.0120. The molecule has 5 heteroatoms. The van der Waals surface area contributed by atoms with Gasteiger partial charge in [-0.25, -0.2) is 0 Å². The van der Waals surface area contributed by atoms with Gasteiger partial charge in [-0.05, 0) is 25.8 Å². The van der Waals surface area contributed by atoms with Crippen LogP contribution in [0.1, 0.15) is 33.1 Å². The molecule has 2 unspecified atom stereocenters. The summed E-state index contributed by atoms with van der Waals surface area (Å²) in [5, 5.41) is 6.19. The molecule has 2 aliphatic heterocycles. The van der Waals surface area contributed by atoms with Gasteiger partial charge in [0.15, 0.2) is 0 Å². The maximum absolute atomic E-state index is 12.6. The Bertz CT molecular complexity index is 337. The maximum atomic E-state index is 12.6. The zero-order valence-electron chi connectivity index (χ0n) is 11.3. The summed E-state index contributed by atoms with van der Waals surface area (Å²) in [7, 11) is 0. The average Bonchev–Trinajstić information content (AvgIpc) is 2.96. The van der Waals surface area contributed by atoms with Crippen molar-refractivity contribution < 1.29 is 9.59 Å². The Hall–Kier alpha value is -1.10. The molecule has 0 aliphatic carbocycles. The molecule has 0 radical (unpaired) electrons. The number of hydrogen-bond acceptors (Lipinski definition) is 3. The molecule has 0 aromatic heterocycles. The lowest BCUT2D eigenvalue weighted by Crippen LogP contribution is -2.45. The Kier molecular flexibility index (Phi) is 3.90. The fourth-order valence-electron chi connectivity index (χ4n) is 3.06. The highest BCUT2D eigenvalue weighted by atomic mass is 16.2. The van der Waals surface area contributed by atoms with Crippen molar-refractivity contribution in [1.82, 2.24) is 15.5 Å². The number of likely N-dealkylation sites (tertiary alicyclic amines) is 1. The molecule has 2 saturated heterocycles. The topological polar surface area (TPSA) is 61.4 Å². The quantitative estimate of drug-likeness (QED) is 0.750. The van der Waals surface area contributed by atoms with Crippen molar-refractivity contribution in [2.75, 3.05) is 26.2 Å². The van der Waals surface area contributed by atoms with Crippen molar-refractivity contribution >= 4 is 11.8 Å². The summed E-state index contributed by atoms with van der Waals surface area (Å²) >= 11 is 0. The van der Waals surface area contributed by atoms with E-state index in [1.54, 1.807) is 0 Å². The van der Waals surface area contributed by atoms with Crippen LogP contribution in [0.4, 0.5) is 0 Å². The van der Waals surface area contributed by atoms with Gasteiger partial charge in [-0.1, -0.05) is 6.92 Å². The van der Waals surface area contributed by atoms with Gasteiger partial charge >= 0.3 is 0 Å². The van der Waals surface area contributed by atoms with Crippen LogP contribution in [0.15, 0.2) is 0 Å². The minimum atomic E-state index is -0.203. The van der Waals surface area contributed by atoms with Crippen LogP contribution in [0.2, 0.25) is 0 Å². The van der Waals surface area contributed by atoms with Gasteiger partial charge < -0.3 is 15.5 Å². The molecule has 2 rings (SSSR count). The number of nitrogens with one attached hydrogen (secondary N) is 2. The number of nitrogens with zero attached hydrogens (tertiary/aromatic N) is 1. The second kappa shape index (κ2) is 5.26. The van der Waals surface area contributed by atoms with Crippen molar-refractivity contribution in [1.29, 1.82) is 0 Å². The van der Waals surface area contributed by atoms with Crippen molar-refractivity contribution in [3.63, 3.8) is 0 Å². The van der Waals surface area contributed by atoms with Crippen LogP contribution in [-0.2, 0) is 9.59 Å². The smallest absolute Gasteiger partial charge is 0.230 e. The molecule has 5 nitrogen and oxygen atoms in total. The van der Waals surface area contributed by atoms with Gasteiger partial charge in [0.2, 0.25) is 11.8 Å². The first-order valence-corrected chi connectivity index (χ1v) is 6.84. The van der Waals surface area contributed by atoms with E-state index < -0.39 is 0 Å². The van der Waals surface area contributed by atoms with E-state index in [4.69, 9.17) is 0 Å². The summed E-state index contributed by atoms with van der Waals surface area (Å²) in [6.07, 6.45) is 2.70. The highest BCUT2D eigenvalue weighted by Crippen LogP contribution is 2.32. The van der Waals surface area contributed by atoms with Crippen LogP contribution in [-0.4, -0.2) is 48.9 Å². The predicted molar refractivity (Wildman–Crippen MR) is 69.0 cm³/mol. The molecular formula is C13H23N3O2. The van der Waals surface area contributed by atoms with Crippen LogP contribution in [0, 0.1) is 5.41 Å². The lowest BCUT2D eigenvalue weighted by atomic mass is 9.83. The molecule has 2 atom stereocenters. The Morgan fingerprint density at radius 1 is 1.50 bits per heavy atom. The Morgan fingerprint density at radius 3 is 2.83 bits per heavy atom. The molecule has 2 fully saturated rings. The number of amides is 2. The Morgan fingerprint density at radius 2 is 2.28 bits per heavy atom. The Labute approximate surface area is 108 Å². The summed E-state index contributed by atoms with van der Waals surface area (Å²) in [6, 6.07) is 0.134. The second-order valence-electron chi connectivity index (χ2n) is 5.50. The van der Waals surface area contributed by atoms with Gasteiger partial charge in [-0.3, -0.25) is 9.59 Å². The van der Waals surface area contributed by atoms with Gasteiger partial charge in [0.25, 0.3) is 0 Å². The molecule has 0 aromatic rings. The molecular weight excluding hydrogens is 230 g/mol. The molecule has 18 heavy (non-hydrogen) atoms. The molecule has 0 saturated carbocycles. The zero-order valence-corrected chi connectivity index (χ0v) is 11.3. The highest BCUT2D eigenvalue weighted by molar-refractivity contribution is 5.84. The van der Waals surface area contributed by atoms with E-state index in [0.717, 1.165) is 38.9 Å². The van der Waals surface area contributed by atoms with Crippen LogP contribution in [0.3, 0.4) is 0 Å². The van der Waals surface area contributed by atoms with E-state index in [2.05, 4.69) is 17.6 Å². The first-order valence-electron chi connectivity index (χ1n) is 6.84. The fraction of sp³-hybridized carbons (Fsp3) is 0.846. The van der Waals surface area contributed by atoms with Crippen LogP contribution in [0.5, 0.6) is 0 Å². The largest absolute Gasteiger partial charge is 0.352 e. The first kappa shape index (κ1) is 13.3. The van der Waals surface area contributed by atoms with Gasteiger partial charge in [0.1, 0.15) is 0 Å². The van der Waals surface area contributed by atoms with Gasteiger partial charge in [-0.2, -0.15) is 0 Å². The van der Waals surface area contributed by atoms with E-state index in [9.17, 15) is 9.59 Å². The number of carbonyl (C=O) groups excluding carboxylic acids is 2. The molecule has 2 amide bonds. The van der Waals surface area contributed by atoms with Gasteiger partial charge in [0.05, 0.1) is 5.41 Å². The third-order valence-corrected chi connectivity index (χ3v) is 4.26. The van der Waals surface area contributed by atoms with E-state index in [1.165, 1.54) is 6.92 Å². The van der Waals surface area contributed by atoms with Gasteiger partial charge in [-0.15, -0.1) is 0 Å². The van der Waals surface area contributed by atoms with E-state index in [-0.39, 0.29) is 23.3 Å². The molecule has 2 heterocycles. The molecule has 102 valence electrons. The van der Waals surface area contributed by atoms with Crippen molar-refractivity contribution in [2.24, 2.45) is 5.41 Å². The third kappa shape index (κ3) is 2.51.